The summed E-state index contributed by atoms with van der Waals surface area (Å²) in [5.41, 5.74) is 0.649. The number of rotatable bonds is 3. The summed E-state index contributed by atoms with van der Waals surface area (Å²) in [4.78, 5) is 0. The number of aliphatic hydroxyl groups is 1. The van der Waals surface area contributed by atoms with E-state index >= 15 is 0 Å². The van der Waals surface area contributed by atoms with Crippen LogP contribution in [0.4, 0.5) is 8.78 Å². The van der Waals surface area contributed by atoms with E-state index in [0.717, 1.165) is 18.2 Å². The fraction of sp³-hybridized carbons (Fsp3) is 0.0667. The van der Waals surface area contributed by atoms with Crippen molar-refractivity contribution in [3.05, 3.63) is 66.0 Å². The Morgan fingerprint density at radius 3 is 2.48 bits per heavy atom. The number of benzene rings is 2. The molecule has 0 aliphatic heterocycles. The molecule has 1 heterocycles. The van der Waals surface area contributed by atoms with Crippen LogP contribution >= 0.6 is 0 Å². The van der Waals surface area contributed by atoms with Gasteiger partial charge >= 0.3 is 0 Å². The van der Waals surface area contributed by atoms with Crippen molar-refractivity contribution < 1.29 is 13.9 Å². The van der Waals surface area contributed by atoms with Gasteiger partial charge in [0, 0.05) is 5.69 Å². The predicted molar refractivity (Wildman–Crippen MR) is 72.6 cm³/mol. The molecule has 0 bridgehead atoms. The lowest BCUT2D eigenvalue weighted by molar-refractivity contribution is 0.269. The number of hydrogen-bond acceptors (Lipinski definition) is 3. The van der Waals surface area contributed by atoms with Crippen molar-refractivity contribution in [2.45, 2.75) is 6.61 Å². The second-order valence-electron chi connectivity index (χ2n) is 4.39. The fourth-order valence-electron chi connectivity index (χ4n) is 2.11. The molecule has 1 N–H and O–H groups in total. The van der Waals surface area contributed by atoms with Gasteiger partial charge in [0.25, 0.3) is 0 Å². The molecule has 0 atom stereocenters. The highest BCUT2D eigenvalue weighted by Gasteiger charge is 2.18. The van der Waals surface area contributed by atoms with Gasteiger partial charge in [0.05, 0.1) is 5.56 Å². The Morgan fingerprint density at radius 2 is 1.76 bits per heavy atom. The Labute approximate surface area is 119 Å². The van der Waals surface area contributed by atoms with Gasteiger partial charge in [-0.2, -0.15) is 0 Å². The zero-order chi connectivity index (χ0) is 14.8. The molecule has 1 aromatic heterocycles. The van der Waals surface area contributed by atoms with Gasteiger partial charge in [-0.25, -0.2) is 8.78 Å². The van der Waals surface area contributed by atoms with E-state index in [4.69, 9.17) is 0 Å². The maximum Gasteiger partial charge on any atom is 0.171 e. The molecule has 0 aliphatic carbocycles. The van der Waals surface area contributed by atoms with E-state index < -0.39 is 11.6 Å². The summed E-state index contributed by atoms with van der Waals surface area (Å²) in [6, 6.07) is 12.1. The van der Waals surface area contributed by atoms with Crippen molar-refractivity contribution in [2.24, 2.45) is 0 Å². The molecular formula is C15H11F2N3O. The van der Waals surface area contributed by atoms with Gasteiger partial charge in [-0.3, -0.25) is 4.57 Å². The molecule has 0 aliphatic rings. The number of aromatic nitrogens is 3. The molecule has 0 radical (unpaired) electrons. The molecular weight excluding hydrogens is 276 g/mol. The third-order valence-electron chi connectivity index (χ3n) is 3.06. The lowest BCUT2D eigenvalue weighted by atomic mass is 10.2. The van der Waals surface area contributed by atoms with Gasteiger partial charge in [-0.15, -0.1) is 10.2 Å². The van der Waals surface area contributed by atoms with E-state index in [0.29, 0.717) is 5.69 Å². The van der Waals surface area contributed by atoms with Crippen LogP contribution in [0.5, 0.6) is 0 Å². The highest BCUT2D eigenvalue weighted by Crippen LogP contribution is 2.26. The van der Waals surface area contributed by atoms with Gasteiger partial charge in [0.1, 0.15) is 18.2 Å². The molecule has 0 unspecified atom stereocenters. The maximum absolute atomic E-state index is 14.0. The minimum Gasteiger partial charge on any atom is -0.388 e. The summed E-state index contributed by atoms with van der Waals surface area (Å²) in [6.07, 6.45) is 0. The van der Waals surface area contributed by atoms with Crippen LogP contribution in [0, 0.1) is 11.6 Å². The van der Waals surface area contributed by atoms with Gasteiger partial charge in [0.15, 0.2) is 11.6 Å². The van der Waals surface area contributed by atoms with Crippen molar-refractivity contribution >= 4 is 0 Å². The second-order valence-corrected chi connectivity index (χ2v) is 4.39. The summed E-state index contributed by atoms with van der Waals surface area (Å²) in [6.45, 7) is -0.362. The third-order valence-corrected chi connectivity index (χ3v) is 3.06. The zero-order valence-electron chi connectivity index (χ0n) is 10.9. The van der Waals surface area contributed by atoms with Gasteiger partial charge in [0.2, 0.25) is 0 Å². The Morgan fingerprint density at radius 1 is 1.00 bits per heavy atom. The molecule has 3 aromatic rings. The van der Waals surface area contributed by atoms with Crippen molar-refractivity contribution in [2.75, 3.05) is 0 Å². The van der Waals surface area contributed by atoms with Gasteiger partial charge in [-0.05, 0) is 30.3 Å². The molecule has 0 spiro atoms. The largest absolute Gasteiger partial charge is 0.388 e. The van der Waals surface area contributed by atoms with Crippen molar-refractivity contribution in [1.29, 1.82) is 0 Å². The molecule has 4 nitrogen and oxygen atoms in total. The highest BCUT2D eigenvalue weighted by atomic mass is 19.1. The van der Waals surface area contributed by atoms with E-state index in [9.17, 15) is 13.9 Å². The van der Waals surface area contributed by atoms with Crippen LogP contribution in [0.1, 0.15) is 5.82 Å². The van der Waals surface area contributed by atoms with E-state index in [1.54, 1.807) is 24.3 Å². The Kier molecular flexibility index (Phi) is 3.45. The molecule has 0 saturated heterocycles. The van der Waals surface area contributed by atoms with Crippen LogP contribution < -0.4 is 0 Å². The summed E-state index contributed by atoms with van der Waals surface area (Å²) in [5.74, 6) is -0.785. The van der Waals surface area contributed by atoms with Gasteiger partial charge < -0.3 is 5.11 Å². The molecule has 2 aromatic carbocycles. The van der Waals surface area contributed by atoms with Crippen LogP contribution in [0.15, 0.2) is 48.5 Å². The molecule has 0 fully saturated rings. The Hall–Kier alpha value is -2.60. The standard InChI is InChI=1S/C15H11F2N3O/c16-10-6-7-13(17)12(8-10)15-19-18-14(9-21)20(15)11-4-2-1-3-5-11/h1-8,21H,9H2. The smallest absolute Gasteiger partial charge is 0.171 e. The quantitative estimate of drug-likeness (QED) is 0.805. The average molecular weight is 287 g/mol. The Balaban J connectivity index is 2.25. The molecule has 0 amide bonds. The minimum atomic E-state index is -0.606. The molecule has 21 heavy (non-hydrogen) atoms. The summed E-state index contributed by atoms with van der Waals surface area (Å²) < 4.78 is 28.8. The number of aliphatic hydroxyl groups excluding tert-OH is 1. The summed E-state index contributed by atoms with van der Waals surface area (Å²) in [7, 11) is 0. The number of para-hydroxylation sites is 1. The SMILES string of the molecule is OCc1nnc(-c2cc(F)ccc2F)n1-c1ccccc1. The third kappa shape index (κ3) is 2.41. The molecule has 0 saturated carbocycles. The topological polar surface area (TPSA) is 50.9 Å². The lowest BCUT2D eigenvalue weighted by Gasteiger charge is -2.10. The van der Waals surface area contributed by atoms with Crippen LogP contribution in [-0.2, 0) is 6.61 Å². The molecule has 3 rings (SSSR count). The predicted octanol–water partition coefficient (Wildman–Crippen LogP) is 2.70. The summed E-state index contributed by atoms with van der Waals surface area (Å²) >= 11 is 0. The van der Waals surface area contributed by atoms with E-state index in [-0.39, 0.29) is 23.8 Å². The average Bonchev–Trinajstić information content (AvgIpc) is 2.94. The number of halogens is 2. The van der Waals surface area contributed by atoms with Crippen LogP contribution in [0.25, 0.3) is 17.1 Å². The zero-order valence-corrected chi connectivity index (χ0v) is 10.9. The first-order valence-electron chi connectivity index (χ1n) is 6.26. The monoisotopic (exact) mass is 287 g/mol. The first kappa shape index (κ1) is 13.4. The normalized spacial score (nSPS) is 10.8. The maximum atomic E-state index is 14.0. The highest BCUT2D eigenvalue weighted by molar-refractivity contribution is 5.59. The second kappa shape index (κ2) is 5.41. The van der Waals surface area contributed by atoms with Crippen molar-refractivity contribution in [3.8, 4) is 17.1 Å². The van der Waals surface area contributed by atoms with Crippen LogP contribution in [0.2, 0.25) is 0 Å². The van der Waals surface area contributed by atoms with Crippen molar-refractivity contribution in [1.82, 2.24) is 14.8 Å². The van der Waals surface area contributed by atoms with Crippen LogP contribution in [0.3, 0.4) is 0 Å². The van der Waals surface area contributed by atoms with Gasteiger partial charge in [-0.1, -0.05) is 18.2 Å². The Bertz CT molecular complexity index is 772. The summed E-state index contributed by atoms with van der Waals surface area (Å²) in [5, 5.41) is 17.1. The fourth-order valence-corrected chi connectivity index (χ4v) is 2.11. The first-order chi connectivity index (χ1) is 10.2. The number of nitrogens with zero attached hydrogens (tertiary/aromatic N) is 3. The molecule has 6 heteroatoms. The number of hydrogen-bond donors (Lipinski definition) is 1. The van der Waals surface area contributed by atoms with Crippen molar-refractivity contribution in [3.63, 3.8) is 0 Å². The minimum absolute atomic E-state index is 0.00828. The van der Waals surface area contributed by atoms with E-state index in [1.165, 1.54) is 4.57 Å². The molecule has 106 valence electrons. The van der Waals surface area contributed by atoms with Crippen LogP contribution in [-0.4, -0.2) is 19.9 Å². The first-order valence-corrected chi connectivity index (χ1v) is 6.26. The van der Waals surface area contributed by atoms with E-state index in [2.05, 4.69) is 10.2 Å². The lowest BCUT2D eigenvalue weighted by Crippen LogP contribution is -2.04. The van der Waals surface area contributed by atoms with E-state index in [1.807, 2.05) is 6.07 Å².